The SMILES string of the molecule is CCOc1cncc(C2(N)CCC(C(C)(C)C)CC2)c1. The molecule has 1 aromatic heterocycles. The van der Waals surface area contributed by atoms with Crippen LogP contribution in [0.5, 0.6) is 5.75 Å². The van der Waals surface area contributed by atoms with E-state index in [1.807, 2.05) is 13.1 Å². The van der Waals surface area contributed by atoms with Gasteiger partial charge in [0.2, 0.25) is 0 Å². The molecule has 1 fully saturated rings. The molecule has 1 aromatic rings. The molecule has 3 nitrogen and oxygen atoms in total. The molecule has 0 radical (unpaired) electrons. The van der Waals surface area contributed by atoms with Crippen LogP contribution in [0.3, 0.4) is 0 Å². The number of pyridine rings is 1. The summed E-state index contributed by atoms with van der Waals surface area (Å²) in [5.41, 5.74) is 7.92. The van der Waals surface area contributed by atoms with Gasteiger partial charge >= 0.3 is 0 Å². The van der Waals surface area contributed by atoms with Gasteiger partial charge in [-0.1, -0.05) is 20.8 Å². The second-order valence-corrected chi connectivity index (χ2v) is 7.14. The van der Waals surface area contributed by atoms with Crippen LogP contribution in [0.15, 0.2) is 18.5 Å². The molecule has 1 aliphatic rings. The number of aromatic nitrogens is 1. The van der Waals surface area contributed by atoms with Crippen molar-refractivity contribution in [3.05, 3.63) is 24.0 Å². The third-order valence-electron chi connectivity index (χ3n) is 4.70. The average molecular weight is 276 g/mol. The first-order valence-corrected chi connectivity index (χ1v) is 7.72. The molecule has 3 heteroatoms. The van der Waals surface area contributed by atoms with E-state index in [1.54, 1.807) is 6.20 Å². The zero-order chi connectivity index (χ0) is 14.8. The van der Waals surface area contributed by atoms with Gasteiger partial charge in [-0.05, 0) is 55.6 Å². The molecule has 1 aliphatic carbocycles. The Labute approximate surface area is 122 Å². The molecular weight excluding hydrogens is 248 g/mol. The highest BCUT2D eigenvalue weighted by Crippen LogP contribution is 2.44. The maximum atomic E-state index is 6.66. The van der Waals surface area contributed by atoms with Crippen LogP contribution in [-0.4, -0.2) is 11.6 Å². The van der Waals surface area contributed by atoms with E-state index >= 15 is 0 Å². The van der Waals surface area contributed by atoms with Crippen LogP contribution in [0, 0.1) is 11.3 Å². The molecule has 20 heavy (non-hydrogen) atoms. The zero-order valence-corrected chi connectivity index (χ0v) is 13.3. The largest absolute Gasteiger partial charge is 0.492 e. The van der Waals surface area contributed by atoms with Crippen molar-refractivity contribution in [2.75, 3.05) is 6.61 Å². The summed E-state index contributed by atoms with van der Waals surface area (Å²) in [5.74, 6) is 1.59. The molecule has 0 amide bonds. The molecule has 0 aliphatic heterocycles. The van der Waals surface area contributed by atoms with Crippen LogP contribution in [0.25, 0.3) is 0 Å². The van der Waals surface area contributed by atoms with Gasteiger partial charge in [0.05, 0.1) is 12.8 Å². The Morgan fingerprint density at radius 1 is 1.30 bits per heavy atom. The molecule has 0 bridgehead atoms. The number of nitrogens with two attached hydrogens (primary N) is 1. The normalized spacial score (nSPS) is 27.4. The van der Waals surface area contributed by atoms with Crippen LogP contribution >= 0.6 is 0 Å². The van der Waals surface area contributed by atoms with Crippen molar-refractivity contribution in [1.29, 1.82) is 0 Å². The number of nitrogens with zero attached hydrogens (tertiary/aromatic N) is 1. The van der Waals surface area contributed by atoms with Gasteiger partial charge < -0.3 is 10.5 Å². The lowest BCUT2D eigenvalue weighted by molar-refractivity contribution is 0.133. The lowest BCUT2D eigenvalue weighted by Crippen LogP contribution is -2.42. The molecule has 0 saturated heterocycles. The van der Waals surface area contributed by atoms with Crippen LogP contribution in [-0.2, 0) is 5.54 Å². The van der Waals surface area contributed by atoms with Gasteiger partial charge in [-0.3, -0.25) is 4.98 Å². The highest BCUT2D eigenvalue weighted by Gasteiger charge is 2.37. The van der Waals surface area contributed by atoms with E-state index < -0.39 is 0 Å². The molecule has 0 spiro atoms. The second-order valence-electron chi connectivity index (χ2n) is 7.14. The van der Waals surface area contributed by atoms with Crippen molar-refractivity contribution < 1.29 is 4.74 Å². The van der Waals surface area contributed by atoms with Gasteiger partial charge in [0, 0.05) is 11.7 Å². The average Bonchev–Trinajstić information content (AvgIpc) is 2.39. The molecule has 0 atom stereocenters. The summed E-state index contributed by atoms with van der Waals surface area (Å²) in [7, 11) is 0. The highest BCUT2D eigenvalue weighted by molar-refractivity contribution is 5.29. The van der Waals surface area contributed by atoms with Gasteiger partial charge in [0.15, 0.2) is 0 Å². The van der Waals surface area contributed by atoms with E-state index in [2.05, 4.69) is 31.8 Å². The number of hydrogen-bond acceptors (Lipinski definition) is 3. The standard InChI is InChI=1S/C17H28N2O/c1-5-20-15-10-14(11-19-12-15)17(18)8-6-13(7-9-17)16(2,3)4/h10-13H,5-9,18H2,1-4H3. The third-order valence-corrected chi connectivity index (χ3v) is 4.70. The van der Waals surface area contributed by atoms with Gasteiger partial charge in [-0.15, -0.1) is 0 Å². The third kappa shape index (κ3) is 3.32. The van der Waals surface area contributed by atoms with E-state index in [4.69, 9.17) is 10.5 Å². The fourth-order valence-corrected chi connectivity index (χ4v) is 3.22. The number of rotatable bonds is 3. The summed E-state index contributed by atoms with van der Waals surface area (Å²) in [6.07, 6.45) is 8.12. The first kappa shape index (κ1) is 15.3. The topological polar surface area (TPSA) is 48.1 Å². The zero-order valence-electron chi connectivity index (χ0n) is 13.3. The maximum absolute atomic E-state index is 6.66. The number of hydrogen-bond donors (Lipinski definition) is 1. The Kier molecular flexibility index (Phi) is 4.38. The van der Waals surface area contributed by atoms with E-state index in [1.165, 1.54) is 12.8 Å². The number of ether oxygens (including phenoxy) is 1. The summed E-state index contributed by atoms with van der Waals surface area (Å²) in [5, 5.41) is 0. The minimum atomic E-state index is -0.234. The lowest BCUT2D eigenvalue weighted by Gasteiger charge is -2.42. The molecule has 2 rings (SSSR count). The van der Waals surface area contributed by atoms with Gasteiger partial charge in [0.1, 0.15) is 5.75 Å². The summed E-state index contributed by atoms with van der Waals surface area (Å²) < 4.78 is 5.54. The summed E-state index contributed by atoms with van der Waals surface area (Å²) in [4.78, 5) is 4.29. The van der Waals surface area contributed by atoms with E-state index in [-0.39, 0.29) is 5.54 Å². The van der Waals surface area contributed by atoms with Crippen molar-refractivity contribution in [3.63, 3.8) is 0 Å². The predicted molar refractivity (Wildman–Crippen MR) is 82.7 cm³/mol. The molecule has 112 valence electrons. The lowest BCUT2D eigenvalue weighted by atomic mass is 9.66. The van der Waals surface area contributed by atoms with Crippen LogP contribution in [0.2, 0.25) is 0 Å². The quantitative estimate of drug-likeness (QED) is 0.911. The Bertz CT molecular complexity index is 443. The van der Waals surface area contributed by atoms with E-state index in [0.29, 0.717) is 12.0 Å². The van der Waals surface area contributed by atoms with Gasteiger partial charge in [-0.2, -0.15) is 0 Å². The minimum absolute atomic E-state index is 0.234. The van der Waals surface area contributed by atoms with E-state index in [0.717, 1.165) is 30.1 Å². The Hall–Kier alpha value is -1.09. The Balaban J connectivity index is 2.11. The van der Waals surface area contributed by atoms with Gasteiger partial charge in [-0.25, -0.2) is 0 Å². The second kappa shape index (κ2) is 5.72. The smallest absolute Gasteiger partial charge is 0.137 e. The van der Waals surface area contributed by atoms with Crippen molar-refractivity contribution in [3.8, 4) is 5.75 Å². The molecule has 1 saturated carbocycles. The predicted octanol–water partition coefficient (Wildman–Crippen LogP) is 3.87. The summed E-state index contributed by atoms with van der Waals surface area (Å²) in [6.45, 7) is 9.64. The first-order chi connectivity index (χ1) is 9.35. The van der Waals surface area contributed by atoms with Crippen molar-refractivity contribution >= 4 is 0 Å². The Morgan fingerprint density at radius 2 is 1.95 bits per heavy atom. The first-order valence-electron chi connectivity index (χ1n) is 7.72. The van der Waals surface area contributed by atoms with Crippen molar-refractivity contribution in [2.45, 2.75) is 58.9 Å². The molecular formula is C17H28N2O. The molecule has 1 heterocycles. The van der Waals surface area contributed by atoms with E-state index in [9.17, 15) is 0 Å². The van der Waals surface area contributed by atoms with Crippen LogP contribution in [0.1, 0.15) is 58.9 Å². The monoisotopic (exact) mass is 276 g/mol. The summed E-state index contributed by atoms with van der Waals surface area (Å²) >= 11 is 0. The van der Waals surface area contributed by atoms with Gasteiger partial charge in [0.25, 0.3) is 0 Å². The molecule has 0 aromatic carbocycles. The Morgan fingerprint density at radius 3 is 2.50 bits per heavy atom. The highest BCUT2D eigenvalue weighted by atomic mass is 16.5. The minimum Gasteiger partial charge on any atom is -0.492 e. The van der Waals surface area contributed by atoms with Crippen molar-refractivity contribution in [1.82, 2.24) is 4.98 Å². The van der Waals surface area contributed by atoms with Crippen LogP contribution < -0.4 is 10.5 Å². The van der Waals surface area contributed by atoms with Crippen LogP contribution in [0.4, 0.5) is 0 Å². The maximum Gasteiger partial charge on any atom is 0.137 e. The summed E-state index contributed by atoms with van der Waals surface area (Å²) in [6, 6.07) is 2.06. The van der Waals surface area contributed by atoms with Crippen molar-refractivity contribution in [2.24, 2.45) is 17.1 Å². The fraction of sp³-hybridized carbons (Fsp3) is 0.706. The molecule has 0 unspecified atom stereocenters. The molecule has 2 N–H and O–H groups in total. The fourth-order valence-electron chi connectivity index (χ4n) is 3.22.